The van der Waals surface area contributed by atoms with Crippen LogP contribution in [0.1, 0.15) is 11.1 Å². The summed E-state index contributed by atoms with van der Waals surface area (Å²) in [4.78, 5) is 0. The highest BCUT2D eigenvalue weighted by Gasteiger charge is 2.04. The smallest absolute Gasteiger partial charge is 0.123 e. The second-order valence-corrected chi connectivity index (χ2v) is 5.15. The normalized spacial score (nSPS) is 10.5. The van der Waals surface area contributed by atoms with Gasteiger partial charge in [0, 0.05) is 0 Å². The van der Waals surface area contributed by atoms with Crippen LogP contribution in [0.15, 0.2) is 78.9 Å². The molecule has 3 rings (SSSR count). The lowest BCUT2D eigenvalue weighted by molar-refractivity contribution is 0.625. The average molecular weight is 276 g/mol. The van der Waals surface area contributed by atoms with Crippen LogP contribution < -0.4 is 0 Å². The first-order valence-electron chi connectivity index (χ1n) is 7.21. The maximum atomic E-state index is 13.2. The summed E-state index contributed by atoms with van der Waals surface area (Å²) in [6.07, 6.45) is 1.76. The summed E-state index contributed by atoms with van der Waals surface area (Å²) in [6.45, 7) is 0. The van der Waals surface area contributed by atoms with E-state index in [1.54, 1.807) is 12.1 Å². The van der Waals surface area contributed by atoms with Crippen molar-refractivity contribution in [3.63, 3.8) is 0 Å². The van der Waals surface area contributed by atoms with Gasteiger partial charge in [0.25, 0.3) is 0 Å². The molecule has 3 aromatic rings. The number of aryl methyl sites for hydroxylation is 2. The molecule has 0 unspecified atom stereocenters. The third-order valence-electron chi connectivity index (χ3n) is 3.67. The number of hydrogen-bond acceptors (Lipinski definition) is 0. The number of rotatable bonds is 4. The Morgan fingerprint density at radius 3 is 2.24 bits per heavy atom. The lowest BCUT2D eigenvalue weighted by atomic mass is 9.95. The molecule has 0 saturated carbocycles. The molecule has 0 aromatic heterocycles. The summed E-state index contributed by atoms with van der Waals surface area (Å²) in [6, 6.07) is 25.7. The van der Waals surface area contributed by atoms with Crippen molar-refractivity contribution in [2.75, 3.05) is 0 Å². The fourth-order valence-electron chi connectivity index (χ4n) is 2.61. The maximum Gasteiger partial charge on any atom is 0.123 e. The minimum atomic E-state index is -0.163. The Bertz CT molecular complexity index is 717. The topological polar surface area (TPSA) is 0 Å². The molecular formula is C20H17F. The summed E-state index contributed by atoms with van der Waals surface area (Å²) in [5, 5.41) is 0. The van der Waals surface area contributed by atoms with Gasteiger partial charge >= 0.3 is 0 Å². The van der Waals surface area contributed by atoms with E-state index in [4.69, 9.17) is 0 Å². The van der Waals surface area contributed by atoms with Crippen molar-refractivity contribution in [2.24, 2.45) is 0 Å². The van der Waals surface area contributed by atoms with Crippen LogP contribution >= 0.6 is 0 Å². The van der Waals surface area contributed by atoms with E-state index in [1.165, 1.54) is 22.8 Å². The number of halogens is 1. The quantitative estimate of drug-likeness (QED) is 0.608. The minimum absolute atomic E-state index is 0.163. The third kappa shape index (κ3) is 3.38. The number of hydrogen-bond donors (Lipinski definition) is 0. The van der Waals surface area contributed by atoms with E-state index in [9.17, 15) is 4.39 Å². The van der Waals surface area contributed by atoms with Gasteiger partial charge in [-0.05, 0) is 47.2 Å². The van der Waals surface area contributed by atoms with Crippen LogP contribution in [0.5, 0.6) is 0 Å². The maximum absolute atomic E-state index is 13.2. The molecule has 0 bridgehead atoms. The molecule has 0 spiro atoms. The fraction of sp³-hybridized carbons (Fsp3) is 0.100. The van der Waals surface area contributed by atoms with Gasteiger partial charge in [-0.3, -0.25) is 0 Å². The van der Waals surface area contributed by atoms with Crippen LogP contribution in [-0.2, 0) is 12.8 Å². The minimum Gasteiger partial charge on any atom is -0.207 e. The van der Waals surface area contributed by atoms with E-state index in [-0.39, 0.29) is 5.82 Å². The van der Waals surface area contributed by atoms with Gasteiger partial charge in [0.1, 0.15) is 5.82 Å². The highest BCUT2D eigenvalue weighted by atomic mass is 19.1. The Morgan fingerprint density at radius 2 is 1.43 bits per heavy atom. The molecule has 3 aromatic carbocycles. The molecule has 21 heavy (non-hydrogen) atoms. The second-order valence-electron chi connectivity index (χ2n) is 5.15. The Kier molecular flexibility index (Phi) is 4.11. The van der Waals surface area contributed by atoms with Crippen LogP contribution in [0, 0.1) is 5.82 Å². The molecule has 0 fully saturated rings. The van der Waals surface area contributed by atoms with Gasteiger partial charge in [0.2, 0.25) is 0 Å². The molecule has 104 valence electrons. The summed E-state index contributed by atoms with van der Waals surface area (Å²) < 4.78 is 13.2. The van der Waals surface area contributed by atoms with E-state index >= 15 is 0 Å². The zero-order chi connectivity index (χ0) is 14.5. The van der Waals surface area contributed by atoms with Gasteiger partial charge in [-0.2, -0.15) is 0 Å². The summed E-state index contributed by atoms with van der Waals surface area (Å²) >= 11 is 0. The largest absolute Gasteiger partial charge is 0.207 e. The molecule has 1 heteroatoms. The monoisotopic (exact) mass is 276 g/mol. The van der Waals surface area contributed by atoms with Crippen molar-refractivity contribution >= 4 is 0 Å². The Hall–Kier alpha value is -2.41. The molecule has 0 aliphatic carbocycles. The van der Waals surface area contributed by atoms with Crippen LogP contribution in [0.3, 0.4) is 0 Å². The average Bonchev–Trinajstić information content (AvgIpc) is 2.54. The molecule has 0 aliphatic heterocycles. The molecule has 0 N–H and O–H groups in total. The van der Waals surface area contributed by atoms with Crippen LogP contribution in [-0.4, -0.2) is 0 Å². The first-order chi connectivity index (χ1) is 10.3. The predicted molar refractivity (Wildman–Crippen MR) is 85.7 cm³/mol. The molecule has 0 atom stereocenters. The third-order valence-corrected chi connectivity index (χ3v) is 3.67. The SMILES string of the molecule is Fc1cccc(CCc2ccccc2-c2ccccc2)c1. The highest BCUT2D eigenvalue weighted by molar-refractivity contribution is 5.67. The molecule has 0 saturated heterocycles. The van der Waals surface area contributed by atoms with Crippen LogP contribution in [0.4, 0.5) is 4.39 Å². The van der Waals surface area contributed by atoms with E-state index in [0.717, 1.165) is 18.4 Å². The van der Waals surface area contributed by atoms with Crippen molar-refractivity contribution in [3.8, 4) is 11.1 Å². The lowest BCUT2D eigenvalue weighted by Crippen LogP contribution is -1.94. The summed E-state index contributed by atoms with van der Waals surface area (Å²) in [5.74, 6) is -0.163. The van der Waals surface area contributed by atoms with E-state index in [0.29, 0.717) is 0 Å². The Labute approximate surface area is 124 Å². The van der Waals surface area contributed by atoms with Crippen molar-refractivity contribution in [1.29, 1.82) is 0 Å². The zero-order valence-electron chi connectivity index (χ0n) is 11.8. The van der Waals surface area contributed by atoms with Gasteiger partial charge in [0.05, 0.1) is 0 Å². The van der Waals surface area contributed by atoms with Crippen molar-refractivity contribution in [1.82, 2.24) is 0 Å². The van der Waals surface area contributed by atoms with Gasteiger partial charge in [-0.1, -0.05) is 66.7 Å². The highest BCUT2D eigenvalue weighted by Crippen LogP contribution is 2.24. The first-order valence-corrected chi connectivity index (χ1v) is 7.21. The molecule has 0 heterocycles. The molecule has 0 radical (unpaired) electrons. The van der Waals surface area contributed by atoms with Gasteiger partial charge in [-0.15, -0.1) is 0 Å². The Balaban J connectivity index is 1.83. The summed E-state index contributed by atoms with van der Waals surface area (Å²) in [7, 11) is 0. The molecular weight excluding hydrogens is 259 g/mol. The lowest BCUT2D eigenvalue weighted by Gasteiger charge is -2.10. The van der Waals surface area contributed by atoms with Gasteiger partial charge < -0.3 is 0 Å². The number of benzene rings is 3. The standard InChI is InChI=1S/C20H17F/c21-19-11-6-7-16(15-19)13-14-18-10-4-5-12-20(18)17-8-2-1-3-9-17/h1-12,15H,13-14H2. The van der Waals surface area contributed by atoms with Crippen molar-refractivity contribution < 1.29 is 4.39 Å². The fourth-order valence-corrected chi connectivity index (χ4v) is 2.61. The Morgan fingerprint density at radius 1 is 0.667 bits per heavy atom. The van der Waals surface area contributed by atoms with Crippen molar-refractivity contribution in [2.45, 2.75) is 12.8 Å². The van der Waals surface area contributed by atoms with E-state index in [1.807, 2.05) is 12.1 Å². The second kappa shape index (κ2) is 6.36. The van der Waals surface area contributed by atoms with Gasteiger partial charge in [-0.25, -0.2) is 4.39 Å². The zero-order valence-corrected chi connectivity index (χ0v) is 11.8. The van der Waals surface area contributed by atoms with Crippen LogP contribution in [0.25, 0.3) is 11.1 Å². The molecule has 0 aliphatic rings. The molecule has 0 amide bonds. The van der Waals surface area contributed by atoms with E-state index in [2.05, 4.69) is 48.5 Å². The first kappa shape index (κ1) is 13.6. The molecule has 0 nitrogen and oxygen atoms in total. The van der Waals surface area contributed by atoms with Crippen LogP contribution in [0.2, 0.25) is 0 Å². The van der Waals surface area contributed by atoms with Gasteiger partial charge in [0.15, 0.2) is 0 Å². The predicted octanol–water partition coefficient (Wildman–Crippen LogP) is 5.28. The van der Waals surface area contributed by atoms with Crippen molar-refractivity contribution in [3.05, 3.63) is 95.8 Å². The summed E-state index contributed by atoms with van der Waals surface area (Å²) in [5.41, 5.74) is 4.83. The van der Waals surface area contributed by atoms with E-state index < -0.39 is 0 Å².